The van der Waals surface area contributed by atoms with Gasteiger partial charge in [0.1, 0.15) is 0 Å². The molecule has 3 heteroatoms. The summed E-state index contributed by atoms with van der Waals surface area (Å²) in [5, 5.41) is 0. The number of esters is 1. The summed E-state index contributed by atoms with van der Waals surface area (Å²) in [5.41, 5.74) is 3.61. The molecule has 0 fully saturated rings. The van der Waals surface area contributed by atoms with Gasteiger partial charge < -0.3 is 4.74 Å². The molecule has 0 spiro atoms. The number of benzene rings is 3. The van der Waals surface area contributed by atoms with E-state index in [0.717, 1.165) is 0 Å². The topological polar surface area (TPSA) is 26.3 Å². The molecule has 3 aromatic carbocycles. The van der Waals surface area contributed by atoms with Crippen LogP contribution in [0.3, 0.4) is 0 Å². The summed E-state index contributed by atoms with van der Waals surface area (Å²) in [6.45, 7) is 2.26. The van der Waals surface area contributed by atoms with Crippen molar-refractivity contribution in [3.8, 4) is 0 Å². The summed E-state index contributed by atoms with van der Waals surface area (Å²) in [6, 6.07) is 31.5. The summed E-state index contributed by atoms with van der Waals surface area (Å²) < 4.78 is 4.74. The van der Waals surface area contributed by atoms with E-state index in [2.05, 4.69) is 72.8 Å². The third-order valence-corrected chi connectivity index (χ3v) is 6.02. The van der Waals surface area contributed by atoms with Crippen LogP contribution in [0.25, 0.3) is 0 Å². The molecular weight excluding hydrogens is 352 g/mol. The molecule has 0 saturated carbocycles. The third kappa shape index (κ3) is 4.42. The number of rotatable bonds is 8. The first kappa shape index (κ1) is 19.2. The van der Waals surface area contributed by atoms with Gasteiger partial charge in [-0.25, -0.2) is 0 Å². The molecule has 2 nitrogen and oxygen atoms in total. The van der Waals surface area contributed by atoms with Crippen molar-refractivity contribution in [2.75, 3.05) is 12.4 Å². The number of hydrogen-bond acceptors (Lipinski definition) is 3. The molecule has 0 aliphatic heterocycles. The molecule has 0 aromatic heterocycles. The van der Waals surface area contributed by atoms with Crippen LogP contribution in [0.1, 0.15) is 30.0 Å². The smallest absolute Gasteiger partial charge is 0.306 e. The molecule has 0 bridgehead atoms. The lowest BCUT2D eigenvalue weighted by atomic mass is 9.84. The van der Waals surface area contributed by atoms with Crippen LogP contribution in [0.2, 0.25) is 0 Å². The average Bonchev–Trinajstić information content (AvgIpc) is 2.73. The van der Waals surface area contributed by atoms with Crippen LogP contribution in [0, 0.1) is 0 Å². The maximum atomic E-state index is 11.9. The van der Waals surface area contributed by atoms with Crippen LogP contribution in [0.4, 0.5) is 0 Å². The van der Waals surface area contributed by atoms with E-state index in [0.29, 0.717) is 18.8 Å². The molecular formula is C24H24O2S. The summed E-state index contributed by atoms with van der Waals surface area (Å²) in [5.74, 6) is 0.533. The Bertz CT molecular complexity index is 735. The second kappa shape index (κ2) is 9.43. The maximum Gasteiger partial charge on any atom is 0.306 e. The molecule has 3 rings (SSSR count). The van der Waals surface area contributed by atoms with E-state index in [4.69, 9.17) is 4.74 Å². The average molecular weight is 377 g/mol. The van der Waals surface area contributed by atoms with Gasteiger partial charge in [0.2, 0.25) is 0 Å². The minimum absolute atomic E-state index is 0.145. The van der Waals surface area contributed by atoms with Crippen molar-refractivity contribution in [1.29, 1.82) is 0 Å². The highest BCUT2D eigenvalue weighted by atomic mass is 32.2. The quantitative estimate of drug-likeness (QED) is 0.374. The fraction of sp³-hybridized carbons (Fsp3) is 0.208. The summed E-state index contributed by atoms with van der Waals surface area (Å²) in [6.07, 6.45) is 0.396. The fourth-order valence-corrected chi connectivity index (χ4v) is 4.77. The first-order chi connectivity index (χ1) is 13.3. The lowest BCUT2D eigenvalue weighted by Crippen LogP contribution is -2.26. The molecule has 3 aromatic rings. The Morgan fingerprint density at radius 1 is 0.778 bits per heavy atom. The molecule has 0 aliphatic carbocycles. The number of hydrogen-bond donors (Lipinski definition) is 0. The highest BCUT2D eigenvalue weighted by molar-refractivity contribution is 8.00. The van der Waals surface area contributed by atoms with Gasteiger partial charge in [0, 0.05) is 5.75 Å². The SMILES string of the molecule is CCOC(=O)CCSC(c1ccccc1)(c1ccccc1)c1ccccc1. The maximum absolute atomic E-state index is 11.9. The number of thioether (sulfide) groups is 1. The summed E-state index contributed by atoms with van der Waals surface area (Å²) in [4.78, 5) is 11.9. The zero-order valence-electron chi connectivity index (χ0n) is 15.5. The van der Waals surface area contributed by atoms with E-state index in [-0.39, 0.29) is 10.7 Å². The molecule has 138 valence electrons. The van der Waals surface area contributed by atoms with E-state index in [9.17, 15) is 4.79 Å². The molecule has 0 aliphatic rings. The predicted octanol–water partition coefficient (Wildman–Crippen LogP) is 5.66. The second-order valence-corrected chi connectivity index (χ2v) is 7.49. The van der Waals surface area contributed by atoms with Crippen molar-refractivity contribution in [3.63, 3.8) is 0 Å². The number of carbonyl (C=O) groups excluding carboxylic acids is 1. The largest absolute Gasteiger partial charge is 0.466 e. The highest BCUT2D eigenvalue weighted by Crippen LogP contribution is 2.48. The van der Waals surface area contributed by atoms with E-state index in [1.54, 1.807) is 11.8 Å². The van der Waals surface area contributed by atoms with Crippen molar-refractivity contribution in [3.05, 3.63) is 108 Å². The van der Waals surface area contributed by atoms with E-state index in [1.165, 1.54) is 16.7 Å². The fourth-order valence-electron chi connectivity index (χ4n) is 3.29. The molecule has 0 amide bonds. The minimum atomic E-state index is -0.379. The molecule has 0 N–H and O–H groups in total. The monoisotopic (exact) mass is 376 g/mol. The van der Waals surface area contributed by atoms with Crippen molar-refractivity contribution in [1.82, 2.24) is 0 Å². The lowest BCUT2D eigenvalue weighted by molar-refractivity contribution is -0.142. The van der Waals surface area contributed by atoms with E-state index in [1.807, 2.05) is 25.1 Å². The van der Waals surface area contributed by atoms with Gasteiger partial charge in [0.05, 0.1) is 17.8 Å². The number of ether oxygens (including phenoxy) is 1. The Morgan fingerprint density at radius 2 is 1.19 bits per heavy atom. The van der Waals surface area contributed by atoms with Crippen molar-refractivity contribution >= 4 is 17.7 Å². The molecule has 0 heterocycles. The van der Waals surface area contributed by atoms with Gasteiger partial charge in [-0.15, -0.1) is 11.8 Å². The van der Waals surface area contributed by atoms with Gasteiger partial charge >= 0.3 is 5.97 Å². The van der Waals surface area contributed by atoms with Gasteiger partial charge in [0.25, 0.3) is 0 Å². The Labute approximate surface area is 165 Å². The first-order valence-corrected chi connectivity index (χ1v) is 10.2. The zero-order valence-corrected chi connectivity index (χ0v) is 16.3. The van der Waals surface area contributed by atoms with Crippen LogP contribution < -0.4 is 0 Å². The van der Waals surface area contributed by atoms with Gasteiger partial charge in [0.15, 0.2) is 0 Å². The third-order valence-electron chi connectivity index (χ3n) is 4.47. The van der Waals surface area contributed by atoms with Crippen LogP contribution in [-0.4, -0.2) is 18.3 Å². The molecule has 0 unspecified atom stereocenters. The second-order valence-electron chi connectivity index (χ2n) is 6.18. The number of carbonyl (C=O) groups is 1. The molecule has 0 atom stereocenters. The van der Waals surface area contributed by atoms with Gasteiger partial charge in [-0.05, 0) is 23.6 Å². The molecule has 0 saturated heterocycles. The van der Waals surface area contributed by atoms with Crippen LogP contribution in [0.15, 0.2) is 91.0 Å². The van der Waals surface area contributed by atoms with Gasteiger partial charge in [-0.3, -0.25) is 4.79 Å². The zero-order chi connectivity index (χ0) is 19.0. The highest BCUT2D eigenvalue weighted by Gasteiger charge is 2.36. The molecule has 0 radical (unpaired) electrons. The first-order valence-electron chi connectivity index (χ1n) is 9.23. The molecule has 27 heavy (non-hydrogen) atoms. The normalized spacial score (nSPS) is 11.1. The Morgan fingerprint density at radius 3 is 1.56 bits per heavy atom. The summed E-state index contributed by atoms with van der Waals surface area (Å²) >= 11 is 1.78. The minimum Gasteiger partial charge on any atom is -0.466 e. The Kier molecular flexibility index (Phi) is 6.72. The van der Waals surface area contributed by atoms with Crippen molar-refractivity contribution in [2.45, 2.75) is 18.1 Å². The Balaban J connectivity index is 2.07. The lowest BCUT2D eigenvalue weighted by Gasteiger charge is -2.35. The Hall–Kier alpha value is -2.52. The van der Waals surface area contributed by atoms with E-state index >= 15 is 0 Å². The predicted molar refractivity (Wildman–Crippen MR) is 113 cm³/mol. The van der Waals surface area contributed by atoms with Gasteiger partial charge in [-0.2, -0.15) is 0 Å². The van der Waals surface area contributed by atoms with Gasteiger partial charge in [-0.1, -0.05) is 91.0 Å². The van der Waals surface area contributed by atoms with E-state index < -0.39 is 0 Å². The standard InChI is InChI=1S/C24H24O2S/c1-2-26-23(25)18-19-27-24(20-12-6-3-7-13-20,21-14-8-4-9-15-21)22-16-10-5-11-17-22/h3-17H,2,18-19H2,1H3. The van der Waals surface area contributed by atoms with Crippen LogP contribution in [0.5, 0.6) is 0 Å². The van der Waals surface area contributed by atoms with Crippen molar-refractivity contribution < 1.29 is 9.53 Å². The van der Waals surface area contributed by atoms with Crippen molar-refractivity contribution in [2.24, 2.45) is 0 Å². The van der Waals surface area contributed by atoms with Crippen LogP contribution >= 0.6 is 11.8 Å². The van der Waals surface area contributed by atoms with Crippen LogP contribution in [-0.2, 0) is 14.3 Å². The summed E-state index contributed by atoms with van der Waals surface area (Å²) in [7, 11) is 0.